The van der Waals surface area contributed by atoms with Gasteiger partial charge >= 0.3 is 10.4 Å². The van der Waals surface area contributed by atoms with Crippen molar-refractivity contribution in [2.45, 2.75) is 310 Å². The third kappa shape index (κ3) is 15.4. The summed E-state index contributed by atoms with van der Waals surface area (Å²) in [5.41, 5.74) is -1.40. The van der Waals surface area contributed by atoms with Gasteiger partial charge in [-0.3, -0.25) is 9.35 Å². The fraction of sp³-hybridized carbons (Fsp3) is 0.952. The minimum atomic E-state index is -4.92. The maximum Gasteiger partial charge on any atom is 0.397 e. The molecule has 10 rings (SSSR count). The van der Waals surface area contributed by atoms with Crippen molar-refractivity contribution in [3.8, 4) is 0 Å². The van der Waals surface area contributed by atoms with Gasteiger partial charge < -0.3 is 139 Å². The highest BCUT2D eigenvalue weighted by Crippen LogP contribution is 2.67. The number of aliphatic hydroxyl groups excluding tert-OH is 15. The predicted octanol–water partition coefficient (Wildman–Crippen LogP) is -4.61. The molecule has 4 unspecified atom stereocenters. The zero-order chi connectivity index (χ0) is 71.2. The zero-order valence-corrected chi connectivity index (χ0v) is 56.6. The highest BCUT2D eigenvalue weighted by Gasteiger charge is 2.64. The van der Waals surface area contributed by atoms with Crippen molar-refractivity contribution in [1.82, 2.24) is 0 Å². The second-order valence-corrected chi connectivity index (χ2v) is 30.9. The lowest BCUT2D eigenvalue weighted by molar-refractivity contribution is -0.402. The zero-order valence-electron chi connectivity index (χ0n) is 55.8. The van der Waals surface area contributed by atoms with E-state index in [4.69, 9.17) is 61.0 Å². The standard InChI is InChI=1S/C63H104O33S/c1-22(2)23(3)32(66)18-63(9,80)37-11-10-29-28-17-33(31-16-27(96-97(81,82)83)12-14-61(31,7)30(28)13-15-62(29,37)8)88-57-49(78)52(40(69)25(5)86-57)93-59-53(94-55-47(76)44(73)38(67)24(4)85-55)43(72)36(21-84-59)91-60-54(46(75)42(71)35(20-65)90-60)95-58-50(79)51(39(68)26(6)87-58)92-56-48(77)45(74)41(70)34(19-64)89-56/h13,22-29,31,33-60,64-65,67-80H,10-12,14-21H2,1-9H3,(H,81,82,83)/t23-,24?,25-,26-,27+,28+,29+,31-,33-,34-,35-,36+,37+,38+,39-,40+,41-,42-,43-,44-,45-,46-,47+,48-,49?,50+,51-,52-,53-,54?,55-,56-,57-,58-,59-,60-,61-,62+,63?/m0/s1. The number of Topliss-reactive ketones (excluding diaryl/α,β-unsaturated/α-hetero) is 1. The van der Waals surface area contributed by atoms with E-state index >= 15 is 0 Å². The van der Waals surface area contributed by atoms with Gasteiger partial charge in [0.2, 0.25) is 0 Å². The average molecular weight is 1420 g/mol. The SMILES string of the molecule is CC(C)[C@H](C)C(=O)CC(C)(O)[C@@H]1CC[C@@H]2[C@H]3C[C@H](O[C@@H]4O[C@@H](C)[C@@H](O)[C@H](O[C@@H]5OC[C@@H](O[C@@H]6O[C@@H](CO)[C@H](O)[C@H](O)C6O[C@@H]6O[C@@H](C)[C@H](O)[C@H](O[C@@H]7O[C@@H](CO)[C@H](O)[C@H](O)[C@@H]7O)[C@H]6O)[C@H](O)[C@@H]5O[C@@H]5OC(C)[C@@H](O)[C@H](O)[C@H]5O)C4O)[C@@H]4C[C@H](OS(=O)(=O)O)CC[C@@]4(C)C3=CC[C@]21C. The number of aliphatic hydroxyl groups is 16. The highest BCUT2D eigenvalue weighted by molar-refractivity contribution is 7.80. The molecule has 10 aliphatic rings. The Morgan fingerprint density at radius 3 is 1.62 bits per heavy atom. The van der Waals surface area contributed by atoms with Gasteiger partial charge in [-0.25, -0.2) is 4.18 Å². The van der Waals surface area contributed by atoms with E-state index in [0.29, 0.717) is 32.1 Å². The smallest absolute Gasteiger partial charge is 0.394 e. The number of carbonyl (C=O) groups excluding carboxylic acids is 1. The van der Waals surface area contributed by atoms with Crippen LogP contribution in [0.4, 0.5) is 0 Å². The molecule has 6 heterocycles. The van der Waals surface area contributed by atoms with E-state index in [9.17, 15) is 99.5 Å². The van der Waals surface area contributed by atoms with Crippen LogP contribution in [0.3, 0.4) is 0 Å². The van der Waals surface area contributed by atoms with Gasteiger partial charge in [-0.05, 0) is 113 Å². The minimum absolute atomic E-state index is 0.0215. The van der Waals surface area contributed by atoms with Gasteiger partial charge in [-0.2, -0.15) is 8.42 Å². The Balaban J connectivity index is 0.904. The molecular weight excluding hydrogens is 1320 g/mol. The van der Waals surface area contributed by atoms with Crippen LogP contribution in [0.5, 0.6) is 0 Å². The van der Waals surface area contributed by atoms with Crippen LogP contribution in [-0.2, 0) is 76.2 Å². The van der Waals surface area contributed by atoms with Gasteiger partial charge in [0, 0.05) is 12.3 Å². The third-order valence-electron chi connectivity index (χ3n) is 23.3. The van der Waals surface area contributed by atoms with Gasteiger partial charge in [-0.15, -0.1) is 0 Å². The molecule has 0 amide bonds. The van der Waals surface area contributed by atoms with Crippen LogP contribution in [-0.4, -0.2) is 316 Å². The Hall–Kier alpha value is -1.84. The summed E-state index contributed by atoms with van der Waals surface area (Å²) in [6.07, 6.45) is -49.0. The van der Waals surface area contributed by atoms with Crippen LogP contribution < -0.4 is 0 Å². The summed E-state index contributed by atoms with van der Waals surface area (Å²) in [7, 11) is -4.92. The van der Waals surface area contributed by atoms with Crippen molar-refractivity contribution in [2.24, 2.45) is 46.3 Å². The second kappa shape index (κ2) is 30.3. The highest BCUT2D eigenvalue weighted by atomic mass is 32.3. The van der Waals surface area contributed by atoms with Gasteiger partial charge in [-0.1, -0.05) is 46.3 Å². The number of carbonyl (C=O) groups is 1. The largest absolute Gasteiger partial charge is 0.397 e. The molecule has 97 heavy (non-hydrogen) atoms. The summed E-state index contributed by atoms with van der Waals surface area (Å²) in [6.45, 7) is 13.3. The van der Waals surface area contributed by atoms with E-state index in [1.807, 2.05) is 20.8 Å². The summed E-state index contributed by atoms with van der Waals surface area (Å²) >= 11 is 0. The van der Waals surface area contributed by atoms with E-state index in [2.05, 4.69) is 19.9 Å². The monoisotopic (exact) mass is 1420 g/mol. The summed E-state index contributed by atoms with van der Waals surface area (Å²) in [6, 6.07) is 0. The maximum atomic E-state index is 13.6. The lowest BCUT2D eigenvalue weighted by Crippen LogP contribution is -2.67. The van der Waals surface area contributed by atoms with Crippen LogP contribution in [0.2, 0.25) is 0 Å². The first-order valence-electron chi connectivity index (χ1n) is 33.9. The van der Waals surface area contributed by atoms with Crippen molar-refractivity contribution >= 4 is 16.2 Å². The molecule has 0 aromatic carbocycles. The molecule has 0 radical (unpaired) electrons. The van der Waals surface area contributed by atoms with Crippen molar-refractivity contribution < 1.29 is 160 Å². The van der Waals surface area contributed by atoms with E-state index in [1.165, 1.54) is 20.8 Å². The molecule has 4 aliphatic carbocycles. The first kappa shape index (κ1) is 77.8. The minimum Gasteiger partial charge on any atom is -0.394 e. The van der Waals surface area contributed by atoms with Gasteiger partial charge in [0.05, 0.1) is 55.9 Å². The molecule has 33 nitrogen and oxygen atoms in total. The summed E-state index contributed by atoms with van der Waals surface area (Å²) in [5, 5.41) is 179. The van der Waals surface area contributed by atoms with E-state index in [1.54, 1.807) is 6.92 Å². The molecule has 6 aliphatic heterocycles. The Morgan fingerprint density at radius 2 is 1.05 bits per heavy atom. The Bertz CT molecular complexity index is 2790. The lowest BCUT2D eigenvalue weighted by Gasteiger charge is -2.60. The summed E-state index contributed by atoms with van der Waals surface area (Å²) < 4.78 is 113. The van der Waals surface area contributed by atoms with Crippen LogP contribution >= 0.6 is 0 Å². The van der Waals surface area contributed by atoms with Crippen molar-refractivity contribution in [1.29, 1.82) is 0 Å². The van der Waals surface area contributed by atoms with Crippen molar-refractivity contribution in [3.63, 3.8) is 0 Å². The molecule has 9 fully saturated rings. The molecule has 6 saturated heterocycles. The number of rotatable bonds is 21. The number of hydrogen-bond donors (Lipinski definition) is 17. The van der Waals surface area contributed by atoms with Crippen LogP contribution in [0.15, 0.2) is 11.6 Å². The van der Waals surface area contributed by atoms with E-state index < -0.39 is 243 Å². The van der Waals surface area contributed by atoms with Gasteiger partial charge in [0.25, 0.3) is 0 Å². The molecule has 560 valence electrons. The maximum absolute atomic E-state index is 13.6. The number of hydrogen-bond acceptors (Lipinski definition) is 32. The topological polar surface area (TPSA) is 515 Å². The summed E-state index contributed by atoms with van der Waals surface area (Å²) in [4.78, 5) is 13.6. The Morgan fingerprint density at radius 1 is 0.567 bits per heavy atom. The molecular formula is C63H104O33S. The molecule has 34 heteroatoms. The quantitative estimate of drug-likeness (QED) is 0.0380. The predicted molar refractivity (Wildman–Crippen MR) is 323 cm³/mol. The average Bonchev–Trinajstić information content (AvgIpc) is 1.68. The Labute approximate surface area is 562 Å². The third-order valence-corrected chi connectivity index (χ3v) is 23.8. The number of fused-ring (bicyclic) bond motifs is 5. The van der Waals surface area contributed by atoms with Gasteiger partial charge in [0.15, 0.2) is 37.7 Å². The molecule has 3 saturated carbocycles. The number of ketones is 1. The summed E-state index contributed by atoms with van der Waals surface area (Å²) in [5.74, 6) is -1.27. The molecule has 17 N–H and O–H groups in total. The molecule has 0 spiro atoms. The van der Waals surface area contributed by atoms with Crippen LogP contribution in [0.1, 0.15) is 114 Å². The molecule has 0 aromatic rings. The normalized spacial score (nSPS) is 51.5. The molecule has 39 atom stereocenters. The first-order chi connectivity index (χ1) is 45.3. The van der Waals surface area contributed by atoms with E-state index in [0.717, 1.165) is 5.57 Å². The molecule has 0 aromatic heterocycles. The van der Waals surface area contributed by atoms with Crippen LogP contribution in [0.25, 0.3) is 0 Å². The van der Waals surface area contributed by atoms with Crippen molar-refractivity contribution in [3.05, 3.63) is 11.6 Å². The first-order valence-corrected chi connectivity index (χ1v) is 35.2. The van der Waals surface area contributed by atoms with Crippen molar-refractivity contribution in [2.75, 3.05) is 19.8 Å². The second-order valence-electron chi connectivity index (χ2n) is 29.8. The van der Waals surface area contributed by atoms with E-state index in [-0.39, 0.29) is 54.6 Å². The Kier molecular flexibility index (Phi) is 24.3. The number of ether oxygens (including phenoxy) is 12. The van der Waals surface area contributed by atoms with Crippen LogP contribution in [0, 0.1) is 46.3 Å². The van der Waals surface area contributed by atoms with Gasteiger partial charge in [0.1, 0.15) is 128 Å². The fourth-order valence-electron chi connectivity index (χ4n) is 17.2. The fourth-order valence-corrected chi connectivity index (χ4v) is 17.7. The molecule has 0 bridgehead atoms. The number of allylic oxidation sites excluding steroid dienone is 2. The lowest BCUT2D eigenvalue weighted by atomic mass is 9.47.